The lowest BCUT2D eigenvalue weighted by molar-refractivity contribution is 0.362. The van der Waals surface area contributed by atoms with E-state index in [4.69, 9.17) is 4.98 Å². The number of aromatic nitrogens is 3. The fourth-order valence-electron chi connectivity index (χ4n) is 3.00. The van der Waals surface area contributed by atoms with E-state index in [1.165, 1.54) is 11.3 Å². The number of nitrogens with zero attached hydrogens (tertiary/aromatic N) is 3. The summed E-state index contributed by atoms with van der Waals surface area (Å²) in [6.45, 7) is 1.86. The number of hydrogen-bond acceptors (Lipinski definition) is 5. The minimum Gasteiger partial charge on any atom is -0.317 e. The van der Waals surface area contributed by atoms with Gasteiger partial charge in [0.1, 0.15) is 10.4 Å². The molecule has 3 aromatic heterocycles. The van der Waals surface area contributed by atoms with Crippen LogP contribution in [-0.2, 0) is 0 Å². The van der Waals surface area contributed by atoms with Gasteiger partial charge in [-0.05, 0) is 49.5 Å². The van der Waals surface area contributed by atoms with Crippen LogP contribution in [0.1, 0.15) is 18.9 Å². The number of rotatable bonds is 2. The molecular weight excluding hydrogens is 296 g/mol. The highest BCUT2D eigenvalue weighted by atomic mass is 32.1. The molecule has 1 aliphatic heterocycles. The van der Waals surface area contributed by atoms with Crippen molar-refractivity contribution < 1.29 is 0 Å². The van der Waals surface area contributed by atoms with Gasteiger partial charge in [-0.15, -0.1) is 11.3 Å². The maximum Gasteiger partial charge on any atom is 0.272 e. The van der Waals surface area contributed by atoms with Gasteiger partial charge >= 0.3 is 0 Å². The highest BCUT2D eigenvalue weighted by molar-refractivity contribution is 7.17. The smallest absolute Gasteiger partial charge is 0.272 e. The average molecular weight is 312 g/mol. The molecule has 1 N–H and O–H groups in total. The largest absolute Gasteiger partial charge is 0.317 e. The van der Waals surface area contributed by atoms with E-state index in [0.717, 1.165) is 41.8 Å². The minimum atomic E-state index is 0.0625. The molecule has 1 fully saturated rings. The lowest BCUT2D eigenvalue weighted by Crippen LogP contribution is -2.35. The lowest BCUT2D eigenvalue weighted by atomic mass is 10.1. The molecule has 0 aliphatic carbocycles. The molecule has 0 unspecified atom stereocenters. The Bertz CT molecular complexity index is 849. The molecule has 0 radical (unpaired) electrons. The molecule has 112 valence electrons. The first-order valence-corrected chi connectivity index (χ1v) is 8.34. The molecule has 0 spiro atoms. The Balaban J connectivity index is 1.98. The van der Waals surface area contributed by atoms with E-state index in [-0.39, 0.29) is 11.6 Å². The van der Waals surface area contributed by atoms with E-state index in [1.807, 2.05) is 34.2 Å². The first kappa shape index (κ1) is 13.6. The molecule has 6 heteroatoms. The molecule has 0 atom stereocenters. The Labute approximate surface area is 131 Å². The predicted octanol–water partition coefficient (Wildman–Crippen LogP) is 2.44. The third kappa shape index (κ3) is 2.24. The van der Waals surface area contributed by atoms with Gasteiger partial charge in [0.05, 0.1) is 5.52 Å². The van der Waals surface area contributed by atoms with Crippen molar-refractivity contribution in [2.24, 2.45) is 0 Å². The summed E-state index contributed by atoms with van der Waals surface area (Å²) in [4.78, 5) is 22.1. The second kappa shape index (κ2) is 5.62. The third-order valence-electron chi connectivity index (χ3n) is 4.08. The van der Waals surface area contributed by atoms with E-state index < -0.39 is 0 Å². The van der Waals surface area contributed by atoms with Crippen LogP contribution in [0.4, 0.5) is 0 Å². The van der Waals surface area contributed by atoms with Crippen LogP contribution in [0, 0.1) is 0 Å². The molecular formula is C16H16N4OS. The zero-order chi connectivity index (χ0) is 14.9. The Hall–Kier alpha value is -2.05. The molecule has 0 saturated carbocycles. The monoisotopic (exact) mass is 312 g/mol. The average Bonchev–Trinajstić information content (AvgIpc) is 3.05. The number of fused-ring (bicyclic) bond motifs is 1. The van der Waals surface area contributed by atoms with Gasteiger partial charge < -0.3 is 5.32 Å². The van der Waals surface area contributed by atoms with Crippen molar-refractivity contribution in [3.05, 3.63) is 46.2 Å². The molecule has 4 rings (SSSR count). The number of thiophene rings is 1. The Kier molecular flexibility index (Phi) is 3.48. The summed E-state index contributed by atoms with van der Waals surface area (Å²) in [5.74, 6) is 0.684. The van der Waals surface area contributed by atoms with Gasteiger partial charge in [-0.1, -0.05) is 6.07 Å². The van der Waals surface area contributed by atoms with Crippen LogP contribution in [0.3, 0.4) is 0 Å². The normalized spacial score (nSPS) is 16.2. The standard InChI is InChI=1S/C16H16N4OS/c21-16-14-12(6-10-22-14)19-15(13-3-1-2-7-18-13)20(16)11-4-8-17-9-5-11/h1-3,6-7,10-11,17H,4-5,8-9H2. The maximum absolute atomic E-state index is 13.0. The fourth-order valence-corrected chi connectivity index (χ4v) is 3.77. The van der Waals surface area contributed by atoms with Gasteiger partial charge in [0.15, 0.2) is 5.82 Å². The van der Waals surface area contributed by atoms with Crippen LogP contribution in [0.15, 0.2) is 40.6 Å². The third-order valence-corrected chi connectivity index (χ3v) is 4.97. The van der Waals surface area contributed by atoms with Gasteiger partial charge in [0.2, 0.25) is 0 Å². The van der Waals surface area contributed by atoms with Crippen molar-refractivity contribution in [1.29, 1.82) is 0 Å². The van der Waals surface area contributed by atoms with Crippen LogP contribution in [-0.4, -0.2) is 27.6 Å². The van der Waals surface area contributed by atoms with Crippen molar-refractivity contribution in [3.8, 4) is 11.5 Å². The predicted molar refractivity (Wildman–Crippen MR) is 88.3 cm³/mol. The molecule has 4 heterocycles. The van der Waals surface area contributed by atoms with Crippen LogP contribution in [0.2, 0.25) is 0 Å². The van der Waals surface area contributed by atoms with Gasteiger partial charge in [-0.2, -0.15) is 0 Å². The fraction of sp³-hybridized carbons (Fsp3) is 0.312. The molecule has 5 nitrogen and oxygen atoms in total. The lowest BCUT2D eigenvalue weighted by Gasteiger charge is -2.26. The summed E-state index contributed by atoms with van der Waals surface area (Å²) in [6.07, 6.45) is 3.63. The Morgan fingerprint density at radius 2 is 2.09 bits per heavy atom. The summed E-state index contributed by atoms with van der Waals surface area (Å²) >= 11 is 1.46. The van der Waals surface area contributed by atoms with Crippen molar-refractivity contribution in [2.75, 3.05) is 13.1 Å². The van der Waals surface area contributed by atoms with Crippen LogP contribution < -0.4 is 10.9 Å². The van der Waals surface area contributed by atoms with E-state index in [9.17, 15) is 4.79 Å². The minimum absolute atomic E-state index is 0.0625. The second-order valence-corrected chi connectivity index (χ2v) is 6.36. The summed E-state index contributed by atoms with van der Waals surface area (Å²) in [5, 5.41) is 5.27. The van der Waals surface area contributed by atoms with E-state index >= 15 is 0 Å². The topological polar surface area (TPSA) is 59.8 Å². The van der Waals surface area contributed by atoms with Gasteiger partial charge in [0, 0.05) is 12.2 Å². The Morgan fingerprint density at radius 3 is 2.86 bits per heavy atom. The van der Waals surface area contributed by atoms with Gasteiger partial charge in [0.25, 0.3) is 5.56 Å². The zero-order valence-corrected chi connectivity index (χ0v) is 12.8. The summed E-state index contributed by atoms with van der Waals surface area (Å²) in [7, 11) is 0. The van der Waals surface area contributed by atoms with Crippen LogP contribution >= 0.6 is 11.3 Å². The number of hydrogen-bond donors (Lipinski definition) is 1. The van der Waals surface area contributed by atoms with E-state index in [2.05, 4.69) is 10.3 Å². The van der Waals surface area contributed by atoms with E-state index in [0.29, 0.717) is 5.82 Å². The summed E-state index contributed by atoms with van der Waals surface area (Å²) < 4.78 is 2.60. The molecule has 0 aromatic carbocycles. The number of pyridine rings is 1. The first-order chi connectivity index (χ1) is 10.8. The number of nitrogens with one attached hydrogen (secondary N) is 1. The SMILES string of the molecule is O=c1c2sccc2nc(-c2ccccn2)n1C1CCNCC1. The summed E-state index contributed by atoms with van der Waals surface area (Å²) in [6, 6.07) is 7.81. The summed E-state index contributed by atoms with van der Waals surface area (Å²) in [5.41, 5.74) is 1.58. The van der Waals surface area contributed by atoms with Crippen molar-refractivity contribution in [2.45, 2.75) is 18.9 Å². The molecule has 0 amide bonds. The zero-order valence-electron chi connectivity index (χ0n) is 12.0. The molecule has 22 heavy (non-hydrogen) atoms. The van der Waals surface area contributed by atoms with Gasteiger partial charge in [-0.25, -0.2) is 4.98 Å². The highest BCUT2D eigenvalue weighted by Gasteiger charge is 2.23. The van der Waals surface area contributed by atoms with Crippen LogP contribution in [0.25, 0.3) is 21.7 Å². The van der Waals surface area contributed by atoms with E-state index in [1.54, 1.807) is 6.20 Å². The van der Waals surface area contributed by atoms with Crippen molar-refractivity contribution in [3.63, 3.8) is 0 Å². The molecule has 3 aromatic rings. The van der Waals surface area contributed by atoms with Crippen molar-refractivity contribution in [1.82, 2.24) is 19.9 Å². The highest BCUT2D eigenvalue weighted by Crippen LogP contribution is 2.26. The molecule has 1 aliphatic rings. The van der Waals surface area contributed by atoms with Crippen molar-refractivity contribution >= 4 is 21.6 Å². The van der Waals surface area contributed by atoms with Crippen LogP contribution in [0.5, 0.6) is 0 Å². The van der Waals surface area contributed by atoms with Gasteiger partial charge in [-0.3, -0.25) is 14.3 Å². The second-order valence-electron chi connectivity index (χ2n) is 5.44. The number of piperidine rings is 1. The quantitative estimate of drug-likeness (QED) is 0.789. The first-order valence-electron chi connectivity index (χ1n) is 7.46. The molecule has 1 saturated heterocycles. The molecule has 0 bridgehead atoms. The Morgan fingerprint density at radius 1 is 1.23 bits per heavy atom. The maximum atomic E-state index is 13.0.